The van der Waals surface area contributed by atoms with Gasteiger partial charge < -0.3 is 0 Å². The molecule has 7 rings (SSSR count). The first-order chi connectivity index (χ1) is 20.3. The molecule has 0 radical (unpaired) electrons. The van der Waals surface area contributed by atoms with E-state index in [-0.39, 0.29) is 0 Å². The van der Waals surface area contributed by atoms with Gasteiger partial charge in [-0.3, -0.25) is 15.0 Å². The van der Waals surface area contributed by atoms with Gasteiger partial charge in [0.25, 0.3) is 0 Å². The summed E-state index contributed by atoms with van der Waals surface area (Å²) in [6.07, 6.45) is 11.0. The Hall–Kier alpha value is -5.75. The monoisotopic (exact) mass is 528 g/mol. The molecule has 0 amide bonds. The van der Waals surface area contributed by atoms with Crippen LogP contribution in [0, 0.1) is 0 Å². The van der Waals surface area contributed by atoms with Crippen molar-refractivity contribution in [1.82, 2.24) is 29.7 Å². The number of hydrogen-bond acceptors (Lipinski definition) is 5. The van der Waals surface area contributed by atoms with Crippen LogP contribution in [0.5, 0.6) is 0 Å². The third-order valence-electron chi connectivity index (χ3n) is 6.90. The zero-order valence-electron chi connectivity index (χ0n) is 22.0. The Bertz CT molecular complexity index is 1860. The number of nitrogens with zero attached hydrogens (tertiary/aromatic N) is 6. The van der Waals surface area contributed by atoms with Crippen molar-refractivity contribution in [2.24, 2.45) is 0 Å². The summed E-state index contributed by atoms with van der Waals surface area (Å²) in [7, 11) is 0. The highest BCUT2D eigenvalue weighted by Crippen LogP contribution is 2.33. The van der Waals surface area contributed by atoms with E-state index in [1.54, 1.807) is 12.4 Å². The fourth-order valence-electron chi connectivity index (χ4n) is 4.87. The molecule has 0 spiro atoms. The predicted octanol–water partition coefficient (Wildman–Crippen LogP) is 7.79. The molecule has 7 aromatic rings. The van der Waals surface area contributed by atoms with Crippen molar-refractivity contribution in [1.29, 1.82) is 0 Å². The molecule has 4 aromatic heterocycles. The minimum Gasteiger partial charge on any atom is -0.264 e. The Morgan fingerprint density at radius 1 is 0.415 bits per heavy atom. The highest BCUT2D eigenvalue weighted by molar-refractivity contribution is 5.81. The van der Waals surface area contributed by atoms with E-state index in [1.807, 2.05) is 102 Å². The quantitative estimate of drug-likeness (QED) is 0.220. The lowest BCUT2D eigenvalue weighted by atomic mass is 9.95. The summed E-state index contributed by atoms with van der Waals surface area (Å²) < 4.78 is 1.88. The maximum absolute atomic E-state index is 4.95. The van der Waals surface area contributed by atoms with Gasteiger partial charge >= 0.3 is 0 Å². The topological polar surface area (TPSA) is 69.4 Å². The number of hydrogen-bond donors (Lipinski definition) is 0. The number of benzene rings is 3. The van der Waals surface area contributed by atoms with Crippen LogP contribution in [0.3, 0.4) is 0 Å². The molecule has 0 aliphatic carbocycles. The first-order valence-electron chi connectivity index (χ1n) is 13.3. The first kappa shape index (κ1) is 24.3. The molecule has 0 fully saturated rings. The van der Waals surface area contributed by atoms with Crippen LogP contribution in [0.25, 0.3) is 61.8 Å². The van der Waals surface area contributed by atoms with Crippen LogP contribution in [0.1, 0.15) is 0 Å². The molecular weight excluding hydrogens is 504 g/mol. The first-order valence-corrected chi connectivity index (χ1v) is 13.3. The summed E-state index contributed by atoms with van der Waals surface area (Å²) in [4.78, 5) is 18.3. The predicted molar refractivity (Wildman–Crippen MR) is 162 cm³/mol. The van der Waals surface area contributed by atoms with Crippen LogP contribution in [0.15, 0.2) is 146 Å². The summed E-state index contributed by atoms with van der Waals surface area (Å²) in [5, 5.41) is 4.94. The molecule has 41 heavy (non-hydrogen) atoms. The second-order valence-electron chi connectivity index (χ2n) is 9.62. The SMILES string of the molecule is c1ccc(-c2nc(-c3ccccc3)n(-c3cncc(-c4cc(-c5cccnc5)cc(-c5cccnc5)c4)c3)n2)cc1. The highest BCUT2D eigenvalue weighted by atomic mass is 15.4. The largest absolute Gasteiger partial charge is 0.264 e. The maximum Gasteiger partial charge on any atom is 0.182 e. The minimum absolute atomic E-state index is 0.660. The molecule has 0 aliphatic heterocycles. The van der Waals surface area contributed by atoms with Gasteiger partial charge in [0.15, 0.2) is 11.6 Å². The summed E-state index contributed by atoms with van der Waals surface area (Å²) in [5.41, 5.74) is 8.97. The molecule has 6 nitrogen and oxygen atoms in total. The molecule has 194 valence electrons. The van der Waals surface area contributed by atoms with Crippen LogP contribution in [-0.2, 0) is 0 Å². The fourth-order valence-corrected chi connectivity index (χ4v) is 4.87. The lowest BCUT2D eigenvalue weighted by Crippen LogP contribution is -2.01. The lowest BCUT2D eigenvalue weighted by molar-refractivity contribution is 0.884. The summed E-state index contributed by atoms with van der Waals surface area (Å²) >= 11 is 0. The van der Waals surface area contributed by atoms with Gasteiger partial charge in [-0.15, -0.1) is 5.10 Å². The second-order valence-corrected chi connectivity index (χ2v) is 9.62. The van der Waals surface area contributed by atoms with E-state index in [2.05, 4.69) is 51.4 Å². The summed E-state index contributed by atoms with van der Waals surface area (Å²) in [6.45, 7) is 0. The third kappa shape index (κ3) is 5.02. The Labute approximate surface area is 237 Å². The molecule has 0 unspecified atom stereocenters. The van der Waals surface area contributed by atoms with Gasteiger partial charge in [0, 0.05) is 58.8 Å². The van der Waals surface area contributed by atoms with Gasteiger partial charge in [0.05, 0.1) is 11.9 Å². The zero-order chi connectivity index (χ0) is 27.4. The Balaban J connectivity index is 1.38. The van der Waals surface area contributed by atoms with Gasteiger partial charge in [-0.2, -0.15) is 0 Å². The molecule has 6 heteroatoms. The van der Waals surface area contributed by atoms with Crippen LogP contribution in [0.4, 0.5) is 0 Å². The fraction of sp³-hybridized carbons (Fsp3) is 0. The van der Waals surface area contributed by atoms with Crippen molar-refractivity contribution in [3.8, 4) is 61.8 Å². The molecule has 3 aromatic carbocycles. The summed E-state index contributed by atoms with van der Waals surface area (Å²) in [6, 6.07) is 36.8. The van der Waals surface area contributed by atoms with Crippen molar-refractivity contribution in [2.75, 3.05) is 0 Å². The average molecular weight is 529 g/mol. The van der Waals surface area contributed by atoms with Crippen LogP contribution >= 0.6 is 0 Å². The second kappa shape index (κ2) is 10.8. The van der Waals surface area contributed by atoms with Crippen LogP contribution in [0.2, 0.25) is 0 Å². The lowest BCUT2D eigenvalue weighted by Gasteiger charge is -2.12. The molecule has 4 heterocycles. The molecule has 0 saturated heterocycles. The number of pyridine rings is 3. The average Bonchev–Trinajstić information content (AvgIpc) is 3.52. The van der Waals surface area contributed by atoms with Crippen molar-refractivity contribution in [3.05, 3.63) is 146 Å². The van der Waals surface area contributed by atoms with E-state index < -0.39 is 0 Å². The molecule has 0 atom stereocenters. The highest BCUT2D eigenvalue weighted by Gasteiger charge is 2.16. The molecule has 0 N–H and O–H groups in total. The van der Waals surface area contributed by atoms with Crippen LogP contribution in [-0.4, -0.2) is 29.7 Å². The van der Waals surface area contributed by atoms with Gasteiger partial charge in [-0.1, -0.05) is 72.8 Å². The van der Waals surface area contributed by atoms with E-state index in [9.17, 15) is 0 Å². The third-order valence-corrected chi connectivity index (χ3v) is 6.90. The number of aromatic nitrogens is 6. The van der Waals surface area contributed by atoms with Gasteiger partial charge in [-0.25, -0.2) is 9.67 Å². The van der Waals surface area contributed by atoms with Crippen molar-refractivity contribution >= 4 is 0 Å². The number of rotatable bonds is 6. The van der Waals surface area contributed by atoms with Gasteiger partial charge in [0.2, 0.25) is 0 Å². The molecule has 0 bridgehead atoms. The van der Waals surface area contributed by atoms with Crippen molar-refractivity contribution in [3.63, 3.8) is 0 Å². The standard InChI is InChI=1S/C35H24N6/c1-3-9-25(10-4-1)34-39-35(26-11-5-2-6-12-26)41(40-34)33-20-32(23-38-24-33)31-18-29(27-13-7-15-36-21-27)17-30(19-31)28-14-8-16-37-22-28/h1-24H. The van der Waals surface area contributed by atoms with Crippen LogP contribution < -0.4 is 0 Å². The molecule has 0 aliphatic rings. The van der Waals surface area contributed by atoms with E-state index in [0.717, 1.165) is 56.0 Å². The van der Waals surface area contributed by atoms with Crippen molar-refractivity contribution < 1.29 is 0 Å². The van der Waals surface area contributed by atoms with Crippen molar-refractivity contribution in [2.45, 2.75) is 0 Å². The van der Waals surface area contributed by atoms with E-state index in [4.69, 9.17) is 10.1 Å². The summed E-state index contributed by atoms with van der Waals surface area (Å²) in [5.74, 6) is 1.41. The maximum atomic E-state index is 4.95. The Kier molecular flexibility index (Phi) is 6.39. The Morgan fingerprint density at radius 3 is 1.54 bits per heavy atom. The van der Waals surface area contributed by atoms with E-state index >= 15 is 0 Å². The zero-order valence-corrected chi connectivity index (χ0v) is 22.0. The van der Waals surface area contributed by atoms with Gasteiger partial charge in [-0.05, 0) is 53.1 Å². The van der Waals surface area contributed by atoms with E-state index in [1.165, 1.54) is 0 Å². The normalized spacial score (nSPS) is 10.9. The minimum atomic E-state index is 0.660. The Morgan fingerprint density at radius 2 is 0.951 bits per heavy atom. The molecule has 0 saturated carbocycles. The van der Waals surface area contributed by atoms with Gasteiger partial charge in [0.1, 0.15) is 0 Å². The van der Waals surface area contributed by atoms with E-state index in [0.29, 0.717) is 5.82 Å². The molecular formula is C35H24N6. The smallest absolute Gasteiger partial charge is 0.182 e.